The predicted octanol–water partition coefficient (Wildman–Crippen LogP) is 5.40. The number of hydrogen-bond donors (Lipinski definition) is 1. The number of sulfonamides is 1. The van der Waals surface area contributed by atoms with Crippen molar-refractivity contribution in [2.45, 2.75) is 59.5 Å². The van der Waals surface area contributed by atoms with Crippen LogP contribution in [0.4, 0.5) is 10.1 Å². The number of benzene rings is 3. The van der Waals surface area contributed by atoms with Gasteiger partial charge in [0.2, 0.25) is 21.8 Å². The van der Waals surface area contributed by atoms with E-state index in [-0.39, 0.29) is 50.1 Å². The van der Waals surface area contributed by atoms with Gasteiger partial charge in [0.15, 0.2) is 0 Å². The Morgan fingerprint density at radius 3 is 2.24 bits per heavy atom. The van der Waals surface area contributed by atoms with E-state index >= 15 is 0 Å². The van der Waals surface area contributed by atoms with Crippen LogP contribution >= 0.6 is 0 Å². The fourth-order valence-electron chi connectivity index (χ4n) is 4.77. The number of rotatable bonds is 14. The van der Waals surface area contributed by atoms with E-state index in [2.05, 4.69) is 5.32 Å². The maximum atomic E-state index is 14.8. The van der Waals surface area contributed by atoms with Gasteiger partial charge in [0.05, 0.1) is 11.9 Å². The van der Waals surface area contributed by atoms with E-state index in [1.165, 1.54) is 15.3 Å². The lowest BCUT2D eigenvalue weighted by molar-refractivity contribution is -0.141. The highest BCUT2D eigenvalue weighted by atomic mass is 32.2. The maximum Gasteiger partial charge on any atom is 0.243 e. The first kappa shape index (κ1) is 32.8. The number of carbonyl (C=O) groups excluding carboxylic acids is 2. The molecule has 42 heavy (non-hydrogen) atoms. The molecule has 0 unspecified atom stereocenters. The number of aryl methyl sites for hydroxylation is 1. The molecule has 3 rings (SSSR count). The number of nitrogens with zero attached hydrogens (tertiary/aromatic N) is 2. The van der Waals surface area contributed by atoms with Gasteiger partial charge in [-0.2, -0.15) is 0 Å². The monoisotopic (exact) mass is 595 g/mol. The van der Waals surface area contributed by atoms with Crippen LogP contribution in [-0.2, 0) is 32.6 Å². The molecular weight excluding hydrogens is 553 g/mol. The molecule has 0 heterocycles. The number of halogens is 1. The van der Waals surface area contributed by atoms with Crippen LogP contribution in [0.3, 0.4) is 0 Å². The third-order valence-corrected chi connectivity index (χ3v) is 8.43. The molecule has 0 fully saturated rings. The summed E-state index contributed by atoms with van der Waals surface area (Å²) < 4.78 is 41.6. The fraction of sp³-hybridized carbons (Fsp3) is 0.394. The zero-order valence-electron chi connectivity index (χ0n) is 25.1. The van der Waals surface area contributed by atoms with E-state index < -0.39 is 21.9 Å². The first-order valence-electron chi connectivity index (χ1n) is 14.3. The van der Waals surface area contributed by atoms with Crippen molar-refractivity contribution in [2.75, 3.05) is 23.7 Å². The summed E-state index contributed by atoms with van der Waals surface area (Å²) in [5.74, 6) is -0.928. The van der Waals surface area contributed by atoms with Crippen LogP contribution in [0, 0.1) is 25.6 Å². The average Bonchev–Trinajstić information content (AvgIpc) is 2.94. The first-order chi connectivity index (χ1) is 19.9. The fourth-order valence-corrected chi connectivity index (χ4v) is 5.79. The highest BCUT2D eigenvalue weighted by Crippen LogP contribution is 2.26. The standard InChI is InChI=1S/C33H42FN3O4S/c1-24(2)22-35-33(39)31(21-27-14-7-6-8-15-27)36(23-28-16-9-10-17-29(28)34)32(38)19-12-20-37(42(5,40)41)30-18-11-13-25(3)26(30)4/h6-11,13-18,24,31H,12,19-23H2,1-5H3,(H,35,39)/t31-/m1/s1. The Kier molecular flexibility index (Phi) is 11.7. The van der Waals surface area contributed by atoms with Gasteiger partial charge in [0.1, 0.15) is 11.9 Å². The van der Waals surface area contributed by atoms with E-state index in [4.69, 9.17) is 0 Å². The summed E-state index contributed by atoms with van der Waals surface area (Å²) in [6, 6.07) is 20.2. The lowest BCUT2D eigenvalue weighted by atomic mass is 10.0. The second kappa shape index (κ2) is 15.0. The molecule has 3 aromatic rings. The number of anilines is 1. The Morgan fingerprint density at radius 1 is 0.929 bits per heavy atom. The molecule has 1 atom stereocenters. The SMILES string of the molecule is Cc1cccc(N(CCCC(=O)N(Cc2ccccc2F)[C@H](Cc2ccccc2)C(=O)NCC(C)C)S(C)(=O)=O)c1C. The molecule has 0 saturated carbocycles. The van der Waals surface area contributed by atoms with Crippen LogP contribution in [0.25, 0.3) is 0 Å². The molecule has 0 saturated heterocycles. The summed E-state index contributed by atoms with van der Waals surface area (Å²) >= 11 is 0. The van der Waals surface area contributed by atoms with E-state index in [0.717, 1.165) is 22.9 Å². The minimum atomic E-state index is -3.62. The molecule has 9 heteroatoms. The first-order valence-corrected chi connectivity index (χ1v) is 16.1. The lowest BCUT2D eigenvalue weighted by Gasteiger charge is -2.32. The van der Waals surface area contributed by atoms with Gasteiger partial charge < -0.3 is 10.2 Å². The lowest BCUT2D eigenvalue weighted by Crippen LogP contribution is -2.51. The van der Waals surface area contributed by atoms with Gasteiger partial charge in [-0.05, 0) is 55.0 Å². The largest absolute Gasteiger partial charge is 0.354 e. The molecule has 2 amide bonds. The number of amides is 2. The third kappa shape index (κ3) is 9.14. The summed E-state index contributed by atoms with van der Waals surface area (Å²) in [5.41, 5.74) is 3.55. The molecule has 0 spiro atoms. The van der Waals surface area contributed by atoms with Gasteiger partial charge in [-0.15, -0.1) is 0 Å². The highest BCUT2D eigenvalue weighted by molar-refractivity contribution is 7.92. The minimum absolute atomic E-state index is 0.0198. The molecule has 226 valence electrons. The Hall–Kier alpha value is -3.72. The summed E-state index contributed by atoms with van der Waals surface area (Å²) in [4.78, 5) is 28.9. The van der Waals surface area contributed by atoms with Gasteiger partial charge in [-0.3, -0.25) is 13.9 Å². The van der Waals surface area contributed by atoms with Crippen LogP contribution in [0.5, 0.6) is 0 Å². The zero-order valence-corrected chi connectivity index (χ0v) is 26.0. The van der Waals surface area contributed by atoms with Gasteiger partial charge in [0.25, 0.3) is 0 Å². The Labute approximate surface area is 249 Å². The summed E-state index contributed by atoms with van der Waals surface area (Å²) in [6.07, 6.45) is 1.60. The number of carbonyl (C=O) groups is 2. The van der Waals surface area contributed by atoms with Crippen LogP contribution in [0.1, 0.15) is 48.9 Å². The molecule has 1 N–H and O–H groups in total. The molecule has 7 nitrogen and oxygen atoms in total. The summed E-state index contributed by atoms with van der Waals surface area (Å²) in [6.45, 7) is 8.19. The van der Waals surface area contributed by atoms with Crippen molar-refractivity contribution >= 4 is 27.5 Å². The quantitative estimate of drug-likeness (QED) is 0.270. The minimum Gasteiger partial charge on any atom is -0.354 e. The third-order valence-electron chi connectivity index (χ3n) is 7.25. The van der Waals surface area contributed by atoms with E-state index in [1.807, 2.05) is 64.1 Å². The molecule has 0 aromatic heterocycles. The summed E-state index contributed by atoms with van der Waals surface area (Å²) in [7, 11) is -3.62. The molecular formula is C33H42FN3O4S. The second-order valence-electron chi connectivity index (χ2n) is 11.1. The molecule has 0 aliphatic carbocycles. The van der Waals surface area contributed by atoms with Crippen molar-refractivity contribution in [1.82, 2.24) is 10.2 Å². The van der Waals surface area contributed by atoms with Crippen molar-refractivity contribution < 1.29 is 22.4 Å². The second-order valence-corrected chi connectivity index (χ2v) is 13.0. The van der Waals surface area contributed by atoms with Gasteiger partial charge >= 0.3 is 0 Å². The van der Waals surface area contributed by atoms with Gasteiger partial charge in [-0.1, -0.05) is 74.5 Å². The Balaban J connectivity index is 1.91. The van der Waals surface area contributed by atoms with Crippen LogP contribution < -0.4 is 9.62 Å². The van der Waals surface area contributed by atoms with Gasteiger partial charge in [0, 0.05) is 38.0 Å². The summed E-state index contributed by atoms with van der Waals surface area (Å²) in [5, 5.41) is 2.95. The number of hydrogen-bond acceptors (Lipinski definition) is 4. The maximum absolute atomic E-state index is 14.8. The molecule has 0 radical (unpaired) electrons. The normalized spacial score (nSPS) is 12.2. The molecule has 0 bridgehead atoms. The predicted molar refractivity (Wildman–Crippen MR) is 166 cm³/mol. The van der Waals surface area contributed by atoms with Crippen LogP contribution in [0.15, 0.2) is 72.8 Å². The van der Waals surface area contributed by atoms with Crippen molar-refractivity contribution in [3.63, 3.8) is 0 Å². The average molecular weight is 596 g/mol. The van der Waals surface area contributed by atoms with Crippen molar-refractivity contribution in [2.24, 2.45) is 5.92 Å². The van der Waals surface area contributed by atoms with Crippen LogP contribution in [0.2, 0.25) is 0 Å². The highest BCUT2D eigenvalue weighted by Gasteiger charge is 2.31. The van der Waals surface area contributed by atoms with E-state index in [0.29, 0.717) is 17.8 Å². The van der Waals surface area contributed by atoms with Crippen LogP contribution in [-0.4, -0.2) is 50.5 Å². The smallest absolute Gasteiger partial charge is 0.243 e. The molecule has 0 aliphatic heterocycles. The van der Waals surface area contributed by atoms with Crippen molar-refractivity contribution in [1.29, 1.82) is 0 Å². The van der Waals surface area contributed by atoms with E-state index in [9.17, 15) is 22.4 Å². The van der Waals surface area contributed by atoms with Crippen molar-refractivity contribution in [3.05, 3.63) is 101 Å². The Morgan fingerprint density at radius 2 is 1.60 bits per heavy atom. The van der Waals surface area contributed by atoms with Crippen molar-refractivity contribution in [3.8, 4) is 0 Å². The zero-order chi connectivity index (χ0) is 30.9. The number of nitrogens with one attached hydrogen (secondary N) is 1. The van der Waals surface area contributed by atoms with E-state index in [1.54, 1.807) is 30.3 Å². The Bertz CT molecular complexity index is 1460. The van der Waals surface area contributed by atoms with Gasteiger partial charge in [-0.25, -0.2) is 12.8 Å². The molecule has 0 aliphatic rings. The topological polar surface area (TPSA) is 86.8 Å². The molecule has 3 aromatic carbocycles.